The Kier molecular flexibility index (Phi) is 4.18. The molecule has 4 atom stereocenters. The van der Waals surface area contributed by atoms with E-state index in [1.165, 1.54) is 48.2 Å². The van der Waals surface area contributed by atoms with Gasteiger partial charge in [-0.3, -0.25) is 0 Å². The van der Waals surface area contributed by atoms with Gasteiger partial charge in [0.25, 0.3) is 0 Å². The van der Waals surface area contributed by atoms with Crippen molar-refractivity contribution in [3.8, 4) is 0 Å². The van der Waals surface area contributed by atoms with Crippen LogP contribution in [0.4, 0.5) is 11.4 Å². The lowest BCUT2D eigenvalue weighted by atomic mass is 9.79. The van der Waals surface area contributed by atoms with E-state index in [-0.39, 0.29) is 23.7 Å². The molecule has 3 aliphatic rings. The Balaban J connectivity index is 1.73. The van der Waals surface area contributed by atoms with Gasteiger partial charge < -0.3 is 9.80 Å². The largest absolute Gasteiger partial charge is 0.346 e. The molecule has 1 saturated carbocycles. The molecule has 0 aromatic heterocycles. The zero-order chi connectivity index (χ0) is 21.3. The first kappa shape index (κ1) is 17.9. The van der Waals surface area contributed by atoms with Crippen LogP contribution in [0, 0.1) is 18.3 Å². The first-order valence-electron chi connectivity index (χ1n) is 12.0. The van der Waals surface area contributed by atoms with Crippen LogP contribution >= 0.6 is 0 Å². The van der Waals surface area contributed by atoms with E-state index in [2.05, 4.69) is 92.9 Å². The van der Waals surface area contributed by atoms with E-state index in [9.17, 15) is 1.37 Å². The van der Waals surface area contributed by atoms with Crippen molar-refractivity contribution in [2.24, 2.45) is 11.3 Å². The Bertz CT molecular complexity index is 942. The molecule has 5 rings (SSSR count). The number of anilines is 2. The van der Waals surface area contributed by atoms with Gasteiger partial charge in [0.2, 0.25) is 0 Å². The molecule has 1 aliphatic carbocycles. The van der Waals surface area contributed by atoms with Gasteiger partial charge in [-0.25, -0.2) is 0 Å². The second-order valence-electron chi connectivity index (χ2n) is 10.5. The summed E-state index contributed by atoms with van der Waals surface area (Å²) in [5.74, 6) is -0.0819. The first-order valence-corrected chi connectivity index (χ1v) is 11.5. The average Bonchev–Trinajstić information content (AvgIpc) is 3.39. The Morgan fingerprint density at radius 2 is 1.52 bits per heavy atom. The molecule has 0 radical (unpaired) electrons. The Morgan fingerprint density at radius 3 is 2.17 bits per heavy atom. The Morgan fingerprint density at radius 1 is 0.897 bits per heavy atom. The fraction of sp³-hybridized carbons (Fsp3) is 0.556. The fourth-order valence-corrected chi connectivity index (χ4v) is 6.42. The summed E-state index contributed by atoms with van der Waals surface area (Å²) < 4.78 is 10.1. The Hall–Kier alpha value is -1.96. The van der Waals surface area contributed by atoms with E-state index in [4.69, 9.17) is 0 Å². The molecule has 0 bridgehead atoms. The number of aryl methyl sites for hydroxylation is 1. The number of fused-ring (bicyclic) bond motifs is 3. The van der Waals surface area contributed by atoms with Crippen molar-refractivity contribution in [3.05, 3.63) is 59.7 Å². The van der Waals surface area contributed by atoms with Gasteiger partial charge in [0.1, 0.15) is 6.17 Å². The highest BCUT2D eigenvalue weighted by molar-refractivity contribution is 5.70. The van der Waals surface area contributed by atoms with Crippen LogP contribution in [-0.4, -0.2) is 18.2 Å². The minimum atomic E-state index is -0.534. The molecule has 2 heteroatoms. The lowest BCUT2D eigenvalue weighted by Gasteiger charge is -2.42. The van der Waals surface area contributed by atoms with E-state index in [0.29, 0.717) is 5.92 Å². The number of hydrogen-bond acceptors (Lipinski definition) is 2. The maximum Gasteiger partial charge on any atom is 0.107 e. The standard InChI is InChI=1S/C27H36N2/c1-18-12-6-10-16-22(18)28-19(2)25-24(20-13-7-8-14-20)21-15-9-11-17-23(21)29(25)26(28)27(3,4)5/h6,9-12,15-17,19-20,24-26H,7-8,13-14H2,1-5H3/t19-,24?,25?,26?/m0/s1/i24D. The van der Waals surface area contributed by atoms with Crippen molar-refractivity contribution in [1.29, 1.82) is 0 Å². The van der Waals surface area contributed by atoms with Crippen LogP contribution in [0.2, 0.25) is 0 Å². The quantitative estimate of drug-likeness (QED) is 0.561. The number of rotatable bonds is 2. The Labute approximate surface area is 178 Å². The maximum absolute atomic E-state index is 10.1. The summed E-state index contributed by atoms with van der Waals surface area (Å²) >= 11 is 0. The fourth-order valence-electron chi connectivity index (χ4n) is 6.42. The number of nitrogens with zero attached hydrogens (tertiary/aromatic N) is 2. The van der Waals surface area contributed by atoms with Crippen LogP contribution in [0.3, 0.4) is 0 Å². The zero-order valence-corrected chi connectivity index (χ0v) is 18.7. The first-order chi connectivity index (χ1) is 14.3. The van der Waals surface area contributed by atoms with Crippen LogP contribution in [-0.2, 0) is 0 Å². The van der Waals surface area contributed by atoms with Gasteiger partial charge in [-0.1, -0.05) is 70.0 Å². The molecule has 0 N–H and O–H groups in total. The molecular weight excluding hydrogens is 352 g/mol. The molecular formula is C27H36N2. The van der Waals surface area contributed by atoms with E-state index in [0.717, 1.165) is 0 Å². The summed E-state index contributed by atoms with van der Waals surface area (Å²) in [6.45, 7) is 11.7. The highest BCUT2D eigenvalue weighted by atomic mass is 15.5. The predicted molar refractivity (Wildman–Crippen MR) is 124 cm³/mol. The number of benzene rings is 2. The molecule has 1 saturated heterocycles. The summed E-state index contributed by atoms with van der Waals surface area (Å²) in [5, 5.41) is 0. The molecule has 0 spiro atoms. The van der Waals surface area contributed by atoms with Crippen molar-refractivity contribution in [2.45, 2.75) is 84.4 Å². The van der Waals surface area contributed by atoms with E-state index >= 15 is 0 Å². The normalized spacial score (nSPS) is 32.4. The third kappa shape index (κ3) is 2.82. The van der Waals surface area contributed by atoms with Crippen molar-refractivity contribution < 1.29 is 1.37 Å². The van der Waals surface area contributed by atoms with E-state index in [1.807, 2.05) is 0 Å². The molecule has 29 heavy (non-hydrogen) atoms. The molecule has 0 amide bonds. The molecule has 2 nitrogen and oxygen atoms in total. The average molecular weight is 390 g/mol. The predicted octanol–water partition coefficient (Wildman–Crippen LogP) is 6.74. The van der Waals surface area contributed by atoms with Crippen LogP contribution < -0.4 is 9.80 Å². The monoisotopic (exact) mass is 389 g/mol. The van der Waals surface area contributed by atoms with E-state index in [1.54, 1.807) is 0 Å². The third-order valence-electron chi connectivity index (χ3n) is 7.50. The summed E-state index contributed by atoms with van der Waals surface area (Å²) in [5.41, 5.74) is 5.27. The van der Waals surface area contributed by atoms with Gasteiger partial charge >= 0.3 is 0 Å². The molecule has 154 valence electrons. The zero-order valence-electron chi connectivity index (χ0n) is 19.7. The lowest BCUT2D eigenvalue weighted by Crippen LogP contribution is -2.49. The van der Waals surface area contributed by atoms with Crippen LogP contribution in [0.5, 0.6) is 0 Å². The van der Waals surface area contributed by atoms with Gasteiger partial charge in [-0.05, 0) is 55.9 Å². The number of para-hydroxylation sites is 2. The SMILES string of the molecule is [2H]C1(C2CCCC2)c2ccccc2N2C(C(C)(C)C)N(c3ccccc3C)[C@@H](C)C21. The smallest absolute Gasteiger partial charge is 0.107 e. The summed E-state index contributed by atoms with van der Waals surface area (Å²) in [6.07, 6.45) is 5.17. The second-order valence-corrected chi connectivity index (χ2v) is 10.5. The van der Waals surface area contributed by atoms with E-state index < -0.39 is 5.89 Å². The molecule has 2 aromatic rings. The second kappa shape index (κ2) is 6.79. The third-order valence-corrected chi connectivity index (χ3v) is 7.50. The minimum Gasteiger partial charge on any atom is -0.346 e. The topological polar surface area (TPSA) is 6.48 Å². The summed E-state index contributed by atoms with van der Waals surface area (Å²) in [4.78, 5) is 5.30. The van der Waals surface area contributed by atoms with Crippen LogP contribution in [0.25, 0.3) is 0 Å². The van der Waals surface area contributed by atoms with Gasteiger partial charge in [0.15, 0.2) is 0 Å². The van der Waals surface area contributed by atoms with Gasteiger partial charge in [0, 0.05) is 30.1 Å². The number of hydrogen-bond donors (Lipinski definition) is 0. The van der Waals surface area contributed by atoms with Gasteiger partial charge in [-0.2, -0.15) is 0 Å². The molecule has 2 aromatic carbocycles. The van der Waals surface area contributed by atoms with Crippen LogP contribution in [0.15, 0.2) is 48.5 Å². The summed E-state index contributed by atoms with van der Waals surface area (Å²) in [6, 6.07) is 18.1. The van der Waals surface area contributed by atoms with Crippen molar-refractivity contribution in [1.82, 2.24) is 0 Å². The lowest BCUT2D eigenvalue weighted by molar-refractivity contribution is 0.314. The minimum absolute atomic E-state index is 0.0549. The molecule has 3 unspecified atom stereocenters. The van der Waals surface area contributed by atoms with Gasteiger partial charge in [0.05, 0.1) is 6.04 Å². The van der Waals surface area contributed by atoms with Crippen molar-refractivity contribution >= 4 is 11.4 Å². The molecule has 2 heterocycles. The molecule has 2 aliphatic heterocycles. The van der Waals surface area contributed by atoms with Gasteiger partial charge in [-0.15, -0.1) is 0 Å². The highest BCUT2D eigenvalue weighted by Gasteiger charge is 2.57. The van der Waals surface area contributed by atoms with Crippen molar-refractivity contribution in [2.75, 3.05) is 9.80 Å². The van der Waals surface area contributed by atoms with Crippen molar-refractivity contribution in [3.63, 3.8) is 0 Å². The van der Waals surface area contributed by atoms with Crippen LogP contribution in [0.1, 0.15) is 71.8 Å². The highest BCUT2D eigenvalue weighted by Crippen LogP contribution is 2.57. The molecule has 2 fully saturated rings. The summed E-state index contributed by atoms with van der Waals surface area (Å²) in [7, 11) is 0. The maximum atomic E-state index is 10.1.